The van der Waals surface area contributed by atoms with E-state index in [4.69, 9.17) is 19.9 Å². The van der Waals surface area contributed by atoms with Crippen molar-refractivity contribution in [1.82, 2.24) is 4.90 Å². The van der Waals surface area contributed by atoms with E-state index in [9.17, 15) is 4.79 Å². The van der Waals surface area contributed by atoms with Crippen LogP contribution in [-0.2, 0) is 9.47 Å². The second-order valence-electron chi connectivity index (χ2n) is 5.67. The van der Waals surface area contributed by atoms with Crippen LogP contribution in [0.3, 0.4) is 0 Å². The summed E-state index contributed by atoms with van der Waals surface area (Å²) in [5.74, 6) is 0.303. The molecule has 6 nitrogen and oxygen atoms in total. The van der Waals surface area contributed by atoms with Crippen molar-refractivity contribution in [3.8, 4) is 5.75 Å². The molecule has 6 heteroatoms. The molecule has 2 N–H and O–H groups in total. The molecule has 0 spiro atoms. The van der Waals surface area contributed by atoms with Gasteiger partial charge in [0.1, 0.15) is 12.4 Å². The summed E-state index contributed by atoms with van der Waals surface area (Å²) < 4.78 is 16.6. The maximum absolute atomic E-state index is 11.0. The maximum atomic E-state index is 11.0. The largest absolute Gasteiger partial charge is 0.492 e. The lowest BCUT2D eigenvalue weighted by molar-refractivity contribution is 0.0564. The number of ether oxygens (including phenoxy) is 3. The smallest absolute Gasteiger partial charge is 0.248 e. The molecule has 1 atom stereocenters. The van der Waals surface area contributed by atoms with Crippen molar-refractivity contribution in [2.45, 2.75) is 18.9 Å². The number of carbonyl (C=O) groups is 1. The SMILES string of the molecule is COCCN(CCOc1ccc(C(N)=O)cc1)CC1CCCO1. The summed E-state index contributed by atoms with van der Waals surface area (Å²) in [4.78, 5) is 13.3. The van der Waals surface area contributed by atoms with Gasteiger partial charge in [-0.1, -0.05) is 0 Å². The Morgan fingerprint density at radius 3 is 2.65 bits per heavy atom. The molecule has 1 fully saturated rings. The Morgan fingerprint density at radius 1 is 1.30 bits per heavy atom. The summed E-state index contributed by atoms with van der Waals surface area (Å²) in [6.07, 6.45) is 2.59. The summed E-state index contributed by atoms with van der Waals surface area (Å²) in [6, 6.07) is 6.87. The van der Waals surface area contributed by atoms with Crippen LogP contribution in [0.1, 0.15) is 23.2 Å². The fourth-order valence-electron chi connectivity index (χ4n) is 2.60. The Kier molecular flexibility index (Phi) is 7.32. The molecule has 0 saturated carbocycles. The number of nitrogens with zero attached hydrogens (tertiary/aromatic N) is 1. The Hall–Kier alpha value is -1.63. The number of hydrogen-bond acceptors (Lipinski definition) is 5. The van der Waals surface area contributed by atoms with Gasteiger partial charge in [-0.05, 0) is 37.1 Å². The van der Waals surface area contributed by atoms with Crippen molar-refractivity contribution >= 4 is 5.91 Å². The van der Waals surface area contributed by atoms with E-state index in [2.05, 4.69) is 4.90 Å². The zero-order chi connectivity index (χ0) is 16.5. The molecular formula is C17H26N2O4. The van der Waals surface area contributed by atoms with Gasteiger partial charge in [-0.15, -0.1) is 0 Å². The van der Waals surface area contributed by atoms with Gasteiger partial charge in [0.15, 0.2) is 0 Å². The highest BCUT2D eigenvalue weighted by Crippen LogP contribution is 2.14. The minimum atomic E-state index is -0.432. The summed E-state index contributed by atoms with van der Waals surface area (Å²) in [5.41, 5.74) is 5.70. The average molecular weight is 322 g/mol. The first-order chi connectivity index (χ1) is 11.2. The highest BCUT2D eigenvalue weighted by molar-refractivity contribution is 5.92. The molecule has 0 aromatic heterocycles. The number of hydrogen-bond donors (Lipinski definition) is 1. The van der Waals surface area contributed by atoms with E-state index in [1.807, 2.05) is 0 Å². The first-order valence-electron chi connectivity index (χ1n) is 8.04. The molecule has 0 aliphatic carbocycles. The third-order valence-electron chi connectivity index (χ3n) is 3.91. The molecule has 23 heavy (non-hydrogen) atoms. The predicted octanol–water partition coefficient (Wildman–Crippen LogP) is 1.29. The summed E-state index contributed by atoms with van der Waals surface area (Å²) in [5, 5.41) is 0. The van der Waals surface area contributed by atoms with Gasteiger partial charge in [0.25, 0.3) is 0 Å². The Labute approximate surface area is 137 Å². The Balaban J connectivity index is 1.76. The van der Waals surface area contributed by atoms with Gasteiger partial charge in [0.05, 0.1) is 12.7 Å². The molecule has 2 rings (SSSR count). The van der Waals surface area contributed by atoms with Crippen LogP contribution >= 0.6 is 0 Å². The first-order valence-corrected chi connectivity index (χ1v) is 8.04. The van der Waals surface area contributed by atoms with E-state index in [0.717, 1.165) is 44.8 Å². The van der Waals surface area contributed by atoms with Crippen LogP contribution in [0, 0.1) is 0 Å². The lowest BCUT2D eigenvalue weighted by atomic mass is 10.2. The fourth-order valence-corrected chi connectivity index (χ4v) is 2.60. The quantitative estimate of drug-likeness (QED) is 0.703. The molecule has 1 unspecified atom stereocenters. The summed E-state index contributed by atoms with van der Waals surface area (Å²) in [7, 11) is 1.71. The van der Waals surface area contributed by atoms with E-state index in [-0.39, 0.29) is 0 Å². The van der Waals surface area contributed by atoms with Gasteiger partial charge in [0.2, 0.25) is 5.91 Å². The lowest BCUT2D eigenvalue weighted by Crippen LogP contribution is -2.37. The molecule has 1 aromatic carbocycles. The third-order valence-corrected chi connectivity index (χ3v) is 3.91. The van der Waals surface area contributed by atoms with Crippen LogP contribution in [0.5, 0.6) is 5.75 Å². The standard InChI is InChI=1S/C17H26N2O4/c1-21-11-8-19(13-16-3-2-10-22-16)9-12-23-15-6-4-14(5-7-15)17(18)20/h4-7,16H,2-3,8-13H2,1H3,(H2,18,20). The van der Waals surface area contributed by atoms with E-state index in [1.165, 1.54) is 0 Å². The van der Waals surface area contributed by atoms with Crippen LogP contribution < -0.4 is 10.5 Å². The van der Waals surface area contributed by atoms with Crippen molar-refractivity contribution in [1.29, 1.82) is 0 Å². The molecule has 1 saturated heterocycles. The summed E-state index contributed by atoms with van der Waals surface area (Å²) >= 11 is 0. The van der Waals surface area contributed by atoms with E-state index in [1.54, 1.807) is 31.4 Å². The lowest BCUT2D eigenvalue weighted by Gasteiger charge is -2.24. The summed E-state index contributed by atoms with van der Waals surface area (Å²) in [6.45, 7) is 4.71. The number of nitrogens with two attached hydrogens (primary N) is 1. The molecule has 1 heterocycles. The van der Waals surface area contributed by atoms with Gasteiger partial charge < -0.3 is 19.9 Å². The minimum Gasteiger partial charge on any atom is -0.492 e. The predicted molar refractivity (Wildman–Crippen MR) is 87.7 cm³/mol. The van der Waals surface area contributed by atoms with Gasteiger partial charge in [-0.2, -0.15) is 0 Å². The van der Waals surface area contributed by atoms with Crippen LogP contribution in [0.4, 0.5) is 0 Å². The number of benzene rings is 1. The van der Waals surface area contributed by atoms with Gasteiger partial charge in [-0.3, -0.25) is 9.69 Å². The molecule has 128 valence electrons. The van der Waals surface area contributed by atoms with Crippen LogP contribution in [0.15, 0.2) is 24.3 Å². The van der Waals surface area contributed by atoms with Gasteiger partial charge in [0, 0.05) is 38.9 Å². The number of primary amides is 1. The number of amides is 1. The van der Waals surface area contributed by atoms with Crippen molar-refractivity contribution in [2.24, 2.45) is 5.73 Å². The average Bonchev–Trinajstić information content (AvgIpc) is 3.06. The maximum Gasteiger partial charge on any atom is 0.248 e. The Bertz CT molecular complexity index is 472. The monoisotopic (exact) mass is 322 g/mol. The molecular weight excluding hydrogens is 296 g/mol. The third kappa shape index (κ3) is 6.17. The second-order valence-corrected chi connectivity index (χ2v) is 5.67. The first kappa shape index (κ1) is 17.7. The Morgan fingerprint density at radius 2 is 2.04 bits per heavy atom. The van der Waals surface area contributed by atoms with Crippen molar-refractivity contribution < 1.29 is 19.0 Å². The molecule has 1 amide bonds. The van der Waals surface area contributed by atoms with Crippen molar-refractivity contribution in [3.05, 3.63) is 29.8 Å². The fraction of sp³-hybridized carbons (Fsp3) is 0.588. The van der Waals surface area contributed by atoms with E-state index < -0.39 is 5.91 Å². The van der Waals surface area contributed by atoms with E-state index in [0.29, 0.717) is 24.9 Å². The molecule has 1 aromatic rings. The molecule has 0 bridgehead atoms. The number of carbonyl (C=O) groups excluding carboxylic acids is 1. The zero-order valence-corrected chi connectivity index (χ0v) is 13.7. The van der Waals surface area contributed by atoms with Crippen molar-refractivity contribution in [2.75, 3.05) is 46.6 Å². The molecule has 0 radical (unpaired) electrons. The van der Waals surface area contributed by atoms with Crippen LogP contribution in [0.25, 0.3) is 0 Å². The van der Waals surface area contributed by atoms with Crippen LogP contribution in [0.2, 0.25) is 0 Å². The van der Waals surface area contributed by atoms with Crippen molar-refractivity contribution in [3.63, 3.8) is 0 Å². The highest BCUT2D eigenvalue weighted by atomic mass is 16.5. The topological polar surface area (TPSA) is 74.0 Å². The number of rotatable bonds is 10. The van der Waals surface area contributed by atoms with Gasteiger partial charge >= 0.3 is 0 Å². The highest BCUT2D eigenvalue weighted by Gasteiger charge is 2.19. The molecule has 1 aliphatic rings. The normalized spacial score (nSPS) is 17.6. The second kappa shape index (κ2) is 9.50. The molecule has 1 aliphatic heterocycles. The number of methoxy groups -OCH3 is 1. The van der Waals surface area contributed by atoms with Crippen LogP contribution in [-0.4, -0.2) is 63.5 Å². The van der Waals surface area contributed by atoms with E-state index >= 15 is 0 Å². The zero-order valence-electron chi connectivity index (χ0n) is 13.7. The minimum absolute atomic E-state index is 0.321. The van der Waals surface area contributed by atoms with Gasteiger partial charge in [-0.25, -0.2) is 0 Å².